The second-order valence-corrected chi connectivity index (χ2v) is 7.29. The highest BCUT2D eigenvalue weighted by molar-refractivity contribution is 7.89. The van der Waals surface area contributed by atoms with Crippen LogP contribution in [-0.4, -0.2) is 43.6 Å². The van der Waals surface area contributed by atoms with Gasteiger partial charge in [0.2, 0.25) is 10.0 Å². The predicted molar refractivity (Wildman–Crippen MR) is 76.5 cm³/mol. The van der Waals surface area contributed by atoms with Gasteiger partial charge in [-0.3, -0.25) is 0 Å². The Balaban J connectivity index is 0.00000147. The summed E-state index contributed by atoms with van der Waals surface area (Å²) in [5.41, 5.74) is 0.448. The van der Waals surface area contributed by atoms with Crippen molar-refractivity contribution in [2.45, 2.75) is 37.6 Å². The van der Waals surface area contributed by atoms with E-state index in [9.17, 15) is 8.42 Å². The van der Waals surface area contributed by atoms with Crippen LogP contribution in [-0.2, 0) is 10.0 Å². The summed E-state index contributed by atoms with van der Waals surface area (Å²) >= 11 is 0. The maximum atomic E-state index is 12.7. The summed E-state index contributed by atoms with van der Waals surface area (Å²) in [4.78, 5) is 0.247. The van der Waals surface area contributed by atoms with Crippen molar-refractivity contribution in [2.75, 3.05) is 19.6 Å². The van der Waals surface area contributed by atoms with E-state index in [1.54, 1.807) is 18.2 Å². The highest BCUT2D eigenvalue weighted by Crippen LogP contribution is 2.30. The number of aryl methyl sites for hydroxylation is 2. The summed E-state index contributed by atoms with van der Waals surface area (Å²) in [7, 11) is -3.47. The van der Waals surface area contributed by atoms with Gasteiger partial charge in [0.05, 0.1) is 0 Å². The molecule has 0 aliphatic carbocycles. The smallest absolute Gasteiger partial charge is 0.248 e. The number of piperidine rings is 1. The van der Waals surface area contributed by atoms with Crippen LogP contribution in [0.15, 0.2) is 9.42 Å². The number of nitrogens with one attached hydrogen (secondary N) is 1. The molecule has 3 rings (SSSR count). The second-order valence-electron chi connectivity index (χ2n) is 5.41. The standard InChI is InChI=1S/C12H19N3O3S.ClH/c1-8-12(9(2)18-14-8)19(16,17)15-6-4-11-10(7-15)3-5-13-11;/h10-11,13H,3-7H2,1-2H3;1H. The summed E-state index contributed by atoms with van der Waals surface area (Å²) < 4.78 is 32.0. The fraction of sp³-hybridized carbons (Fsp3) is 0.750. The Morgan fingerprint density at radius 2 is 2.10 bits per heavy atom. The zero-order chi connectivity index (χ0) is 13.6. The molecule has 1 aromatic heterocycles. The third-order valence-corrected chi connectivity index (χ3v) is 6.29. The molecule has 0 radical (unpaired) electrons. The number of hydrogen-bond donors (Lipinski definition) is 1. The van der Waals surface area contributed by atoms with Crippen LogP contribution < -0.4 is 5.32 Å². The number of sulfonamides is 1. The van der Waals surface area contributed by atoms with Gasteiger partial charge in [-0.15, -0.1) is 12.4 Å². The Bertz CT molecular complexity index is 567. The first-order chi connectivity index (χ1) is 9.00. The predicted octanol–water partition coefficient (Wildman–Crippen LogP) is 1.09. The van der Waals surface area contributed by atoms with Crippen LogP contribution in [0.4, 0.5) is 0 Å². The van der Waals surface area contributed by atoms with Crippen molar-refractivity contribution in [3.8, 4) is 0 Å². The van der Waals surface area contributed by atoms with Gasteiger partial charge in [-0.2, -0.15) is 4.31 Å². The Morgan fingerprint density at radius 1 is 1.35 bits per heavy atom. The van der Waals surface area contributed by atoms with Crippen LogP contribution >= 0.6 is 12.4 Å². The molecule has 2 fully saturated rings. The topological polar surface area (TPSA) is 75.4 Å². The number of fused-ring (bicyclic) bond motifs is 1. The summed E-state index contributed by atoms with van der Waals surface area (Å²) in [5, 5.41) is 7.19. The quantitative estimate of drug-likeness (QED) is 0.882. The van der Waals surface area contributed by atoms with Gasteiger partial charge in [0.25, 0.3) is 0 Å². The molecule has 0 spiro atoms. The first kappa shape index (κ1) is 15.8. The lowest BCUT2D eigenvalue weighted by Crippen LogP contribution is -2.46. The maximum Gasteiger partial charge on any atom is 0.248 e. The molecular formula is C12H20ClN3O3S. The molecule has 20 heavy (non-hydrogen) atoms. The molecule has 114 valence electrons. The number of halogens is 1. The van der Waals surface area contributed by atoms with E-state index in [4.69, 9.17) is 4.52 Å². The zero-order valence-corrected chi connectivity index (χ0v) is 13.3. The first-order valence-corrected chi connectivity index (χ1v) is 8.10. The molecule has 2 aliphatic rings. The van der Waals surface area contributed by atoms with Crippen molar-refractivity contribution in [2.24, 2.45) is 5.92 Å². The van der Waals surface area contributed by atoms with Gasteiger partial charge < -0.3 is 9.84 Å². The highest BCUT2D eigenvalue weighted by atomic mass is 35.5. The molecule has 0 bridgehead atoms. The van der Waals surface area contributed by atoms with Crippen molar-refractivity contribution in [1.29, 1.82) is 0 Å². The Labute approximate surface area is 125 Å². The molecule has 2 aliphatic heterocycles. The van der Waals surface area contributed by atoms with E-state index in [0.29, 0.717) is 36.5 Å². The molecule has 0 amide bonds. The Morgan fingerprint density at radius 3 is 2.75 bits per heavy atom. The molecule has 2 atom stereocenters. The molecule has 0 saturated carbocycles. The number of rotatable bonds is 2. The van der Waals surface area contributed by atoms with Crippen molar-refractivity contribution in [1.82, 2.24) is 14.8 Å². The van der Waals surface area contributed by atoms with Crippen molar-refractivity contribution >= 4 is 22.4 Å². The van der Waals surface area contributed by atoms with Gasteiger partial charge in [0, 0.05) is 19.1 Å². The average molecular weight is 322 g/mol. The van der Waals surface area contributed by atoms with Gasteiger partial charge in [-0.05, 0) is 39.2 Å². The van der Waals surface area contributed by atoms with Crippen LogP contribution in [0.5, 0.6) is 0 Å². The van der Waals surface area contributed by atoms with Crippen LogP contribution in [0.2, 0.25) is 0 Å². The average Bonchev–Trinajstić information content (AvgIpc) is 2.95. The van der Waals surface area contributed by atoms with Crippen molar-refractivity contribution in [3.05, 3.63) is 11.5 Å². The van der Waals surface area contributed by atoms with Gasteiger partial charge in [-0.1, -0.05) is 5.16 Å². The molecule has 1 N–H and O–H groups in total. The summed E-state index contributed by atoms with van der Waals surface area (Å²) in [6.07, 6.45) is 1.94. The third-order valence-electron chi connectivity index (χ3n) is 4.18. The van der Waals surface area contributed by atoms with Crippen LogP contribution in [0.25, 0.3) is 0 Å². The SMILES string of the molecule is Cc1noc(C)c1S(=O)(=O)N1CCC2NCCC2C1.Cl. The molecule has 3 heterocycles. The van der Waals surface area contributed by atoms with Gasteiger partial charge >= 0.3 is 0 Å². The maximum absolute atomic E-state index is 12.7. The fourth-order valence-corrected chi connectivity index (χ4v) is 5.01. The lowest BCUT2D eigenvalue weighted by molar-refractivity contribution is 0.246. The number of hydrogen-bond acceptors (Lipinski definition) is 5. The molecule has 2 saturated heterocycles. The van der Waals surface area contributed by atoms with E-state index < -0.39 is 10.0 Å². The minimum Gasteiger partial charge on any atom is -0.360 e. The Kier molecular flexibility index (Phi) is 4.44. The van der Waals surface area contributed by atoms with E-state index in [2.05, 4.69) is 10.5 Å². The molecule has 1 aromatic rings. The summed E-state index contributed by atoms with van der Waals surface area (Å²) in [6.45, 7) is 5.49. The molecule has 0 aromatic carbocycles. The van der Waals surface area contributed by atoms with Crippen molar-refractivity contribution in [3.63, 3.8) is 0 Å². The monoisotopic (exact) mass is 321 g/mol. The number of nitrogens with zero attached hydrogens (tertiary/aromatic N) is 2. The van der Waals surface area contributed by atoms with Crippen LogP contribution in [0, 0.1) is 19.8 Å². The minimum absolute atomic E-state index is 0. The summed E-state index contributed by atoms with van der Waals surface area (Å²) in [6, 6.07) is 0.483. The minimum atomic E-state index is -3.47. The lowest BCUT2D eigenvalue weighted by Gasteiger charge is -2.33. The largest absolute Gasteiger partial charge is 0.360 e. The lowest BCUT2D eigenvalue weighted by atomic mass is 9.95. The highest BCUT2D eigenvalue weighted by Gasteiger charge is 2.39. The van der Waals surface area contributed by atoms with Gasteiger partial charge in [-0.25, -0.2) is 8.42 Å². The zero-order valence-electron chi connectivity index (χ0n) is 11.6. The van der Waals surface area contributed by atoms with Crippen LogP contribution in [0.1, 0.15) is 24.3 Å². The normalized spacial score (nSPS) is 27.1. The van der Waals surface area contributed by atoms with E-state index in [-0.39, 0.29) is 17.3 Å². The van der Waals surface area contributed by atoms with Gasteiger partial charge in [0.1, 0.15) is 10.6 Å². The first-order valence-electron chi connectivity index (χ1n) is 6.66. The van der Waals surface area contributed by atoms with E-state index in [1.165, 1.54) is 0 Å². The molecule has 8 heteroatoms. The fourth-order valence-electron chi connectivity index (χ4n) is 3.20. The van der Waals surface area contributed by atoms with E-state index in [1.807, 2.05) is 0 Å². The number of aromatic nitrogens is 1. The Hall–Kier alpha value is -0.630. The molecular weight excluding hydrogens is 302 g/mol. The second kappa shape index (κ2) is 5.63. The molecule has 6 nitrogen and oxygen atoms in total. The third kappa shape index (κ3) is 2.47. The van der Waals surface area contributed by atoms with E-state index in [0.717, 1.165) is 19.4 Å². The molecule has 2 unspecified atom stereocenters. The van der Waals surface area contributed by atoms with E-state index >= 15 is 0 Å². The van der Waals surface area contributed by atoms with Crippen LogP contribution in [0.3, 0.4) is 0 Å². The van der Waals surface area contributed by atoms with Gasteiger partial charge in [0.15, 0.2) is 5.76 Å². The van der Waals surface area contributed by atoms with Crippen molar-refractivity contribution < 1.29 is 12.9 Å². The summed E-state index contributed by atoms with van der Waals surface area (Å²) in [5.74, 6) is 0.813.